The van der Waals surface area contributed by atoms with Gasteiger partial charge in [-0.05, 0) is 61.2 Å². The van der Waals surface area contributed by atoms with Gasteiger partial charge in [0.1, 0.15) is 11.3 Å². The summed E-state index contributed by atoms with van der Waals surface area (Å²) in [5.74, 6) is -0.906. The van der Waals surface area contributed by atoms with Gasteiger partial charge in [0.25, 0.3) is 0 Å². The summed E-state index contributed by atoms with van der Waals surface area (Å²) in [7, 11) is 1.76. The van der Waals surface area contributed by atoms with Crippen LogP contribution in [0, 0.1) is 0 Å². The maximum Gasteiger partial charge on any atom is 0.573 e. The first-order valence-corrected chi connectivity index (χ1v) is 13.4. The van der Waals surface area contributed by atoms with Crippen molar-refractivity contribution in [2.24, 2.45) is 11.5 Å². The van der Waals surface area contributed by atoms with Crippen molar-refractivity contribution < 1.29 is 32.6 Å². The van der Waals surface area contributed by atoms with E-state index >= 15 is 0 Å². The molecule has 0 atom stereocenters. The van der Waals surface area contributed by atoms with Gasteiger partial charge < -0.3 is 36.7 Å². The number of aromatic hydroxyl groups is 1. The maximum absolute atomic E-state index is 12.0. The molecule has 1 aromatic carbocycles. The van der Waals surface area contributed by atoms with Crippen LogP contribution in [-0.4, -0.2) is 45.9 Å². The number of rotatable bonds is 13. The van der Waals surface area contributed by atoms with Gasteiger partial charge in [-0.2, -0.15) is 0 Å². The first kappa shape index (κ1) is 33.5. The fourth-order valence-corrected chi connectivity index (χ4v) is 3.99. The zero-order chi connectivity index (χ0) is 31.0. The molecule has 3 rings (SSSR count). The number of anilines is 1. The Hall–Kier alpha value is -4.66. The number of carbonyl (C=O) groups excluding carboxylic acids is 2. The molecular weight excluding hydrogens is 575 g/mol. The van der Waals surface area contributed by atoms with E-state index in [1.165, 1.54) is 17.4 Å². The normalized spacial score (nSPS) is 11.7. The van der Waals surface area contributed by atoms with Crippen LogP contribution in [0.4, 0.5) is 18.3 Å². The molecule has 0 radical (unpaired) electrons. The molecule has 0 fully saturated rings. The van der Waals surface area contributed by atoms with Gasteiger partial charge in [-0.25, -0.2) is 0 Å². The van der Waals surface area contributed by atoms with Crippen LogP contribution in [0.2, 0.25) is 0 Å². The predicted octanol–water partition coefficient (Wildman–Crippen LogP) is 3.72. The smallest absolute Gasteiger partial charge is 0.504 e. The molecule has 0 saturated carbocycles. The molecule has 0 aliphatic rings. The van der Waals surface area contributed by atoms with Crippen LogP contribution < -0.4 is 26.8 Å². The second-order valence-corrected chi connectivity index (χ2v) is 9.65. The molecule has 42 heavy (non-hydrogen) atoms. The SMILES string of the molecule is CN/C(N)=C/C=C(\N)CCCCc1nnc(NC(=O)Cc2ccccn2)s1.O=CCc1ccc(O)c(OC(F)(F)F)c1. The van der Waals surface area contributed by atoms with Crippen molar-refractivity contribution in [3.63, 3.8) is 0 Å². The molecule has 3 aromatic rings. The van der Waals surface area contributed by atoms with Crippen molar-refractivity contribution in [2.75, 3.05) is 12.4 Å². The molecule has 0 saturated heterocycles. The number of aromatic nitrogens is 3. The summed E-state index contributed by atoms with van der Waals surface area (Å²) >= 11 is 1.39. The van der Waals surface area contributed by atoms with Crippen molar-refractivity contribution in [2.45, 2.75) is 44.9 Å². The number of aldehydes is 1. The van der Waals surface area contributed by atoms with Crippen molar-refractivity contribution in [1.82, 2.24) is 20.5 Å². The van der Waals surface area contributed by atoms with E-state index in [2.05, 4.69) is 30.6 Å². The van der Waals surface area contributed by atoms with Crippen molar-refractivity contribution in [3.8, 4) is 11.5 Å². The summed E-state index contributed by atoms with van der Waals surface area (Å²) in [6, 6.07) is 8.83. The van der Waals surface area contributed by atoms with Gasteiger partial charge in [-0.15, -0.1) is 23.4 Å². The summed E-state index contributed by atoms with van der Waals surface area (Å²) in [5.41, 5.74) is 13.4. The molecule has 0 aliphatic heterocycles. The Labute approximate surface area is 244 Å². The number of halogens is 3. The zero-order valence-corrected chi connectivity index (χ0v) is 23.5. The highest BCUT2D eigenvalue weighted by Gasteiger charge is 2.32. The number of amides is 1. The van der Waals surface area contributed by atoms with E-state index in [-0.39, 0.29) is 18.7 Å². The number of carbonyl (C=O) groups is 2. The van der Waals surface area contributed by atoms with E-state index in [4.69, 9.17) is 16.6 Å². The Balaban J connectivity index is 0.000000347. The number of aryl methyl sites for hydroxylation is 1. The van der Waals surface area contributed by atoms with Crippen molar-refractivity contribution in [3.05, 3.63) is 82.5 Å². The maximum atomic E-state index is 12.0. The molecule has 2 heterocycles. The van der Waals surface area contributed by atoms with Crippen molar-refractivity contribution >= 4 is 28.7 Å². The number of nitrogens with zero attached hydrogens (tertiary/aromatic N) is 3. The highest BCUT2D eigenvalue weighted by atomic mass is 32.1. The molecule has 0 aliphatic carbocycles. The molecule has 0 bridgehead atoms. The molecule has 2 aromatic heterocycles. The lowest BCUT2D eigenvalue weighted by Crippen LogP contribution is -2.17. The minimum absolute atomic E-state index is 0.0332. The topological polar surface area (TPSA) is 178 Å². The number of hydrogen-bond donors (Lipinski definition) is 5. The van der Waals surface area contributed by atoms with Crippen LogP contribution in [0.25, 0.3) is 0 Å². The number of unbranched alkanes of at least 4 members (excludes halogenated alkanes) is 1. The third kappa shape index (κ3) is 13.6. The predicted molar refractivity (Wildman–Crippen MR) is 152 cm³/mol. The van der Waals surface area contributed by atoms with E-state index in [0.29, 0.717) is 22.8 Å². The van der Waals surface area contributed by atoms with Gasteiger partial charge in [0.2, 0.25) is 11.0 Å². The minimum Gasteiger partial charge on any atom is -0.504 e. The Bertz CT molecular complexity index is 1350. The lowest BCUT2D eigenvalue weighted by molar-refractivity contribution is -0.275. The number of pyridine rings is 1. The Morgan fingerprint density at radius 1 is 1.14 bits per heavy atom. The Morgan fingerprint density at radius 2 is 1.93 bits per heavy atom. The van der Waals surface area contributed by atoms with Crippen LogP contribution in [0.3, 0.4) is 0 Å². The van der Waals surface area contributed by atoms with Gasteiger partial charge in [0.15, 0.2) is 11.5 Å². The fourth-order valence-electron chi connectivity index (χ4n) is 3.19. The first-order valence-electron chi connectivity index (χ1n) is 12.6. The highest BCUT2D eigenvalue weighted by Crippen LogP contribution is 2.32. The molecule has 7 N–H and O–H groups in total. The van der Waals surface area contributed by atoms with E-state index < -0.39 is 17.9 Å². The molecule has 1 amide bonds. The zero-order valence-electron chi connectivity index (χ0n) is 22.7. The number of phenolic OH excluding ortho intramolecular Hbond substituents is 1. The van der Waals surface area contributed by atoms with E-state index in [1.807, 2.05) is 24.3 Å². The summed E-state index contributed by atoms with van der Waals surface area (Å²) in [6.07, 6.45) is 4.57. The number of nitrogens with one attached hydrogen (secondary N) is 2. The number of allylic oxidation sites excluding steroid dienone is 3. The summed E-state index contributed by atoms with van der Waals surface area (Å²) < 4.78 is 39.1. The van der Waals surface area contributed by atoms with Gasteiger partial charge in [0, 0.05) is 37.5 Å². The van der Waals surface area contributed by atoms with Crippen LogP contribution in [0.5, 0.6) is 11.5 Å². The largest absolute Gasteiger partial charge is 0.573 e. The van der Waals surface area contributed by atoms with Crippen LogP contribution in [-0.2, 0) is 28.9 Å². The summed E-state index contributed by atoms with van der Waals surface area (Å²) in [6.45, 7) is 0. The standard InChI is InChI=1S/C18H25N7OS.C9H7F3O3/c1-21-15(20)10-9-13(19)6-2-3-8-17-24-25-18(27-17)23-16(26)12-14-7-4-5-11-22-14;10-9(11,12)15-8-5-6(3-4-13)1-2-7(8)14/h4-5,7,9-11,21H,2-3,6,8,12,19-20H2,1H3,(H,23,25,26);1-2,4-5,14H,3H2/b13-9-,15-10+;. The lowest BCUT2D eigenvalue weighted by Gasteiger charge is -2.10. The molecule has 0 spiro atoms. The van der Waals surface area contributed by atoms with E-state index in [1.54, 1.807) is 19.3 Å². The van der Waals surface area contributed by atoms with E-state index in [0.717, 1.165) is 54.2 Å². The van der Waals surface area contributed by atoms with Gasteiger partial charge >= 0.3 is 6.36 Å². The van der Waals surface area contributed by atoms with Crippen LogP contribution >= 0.6 is 11.3 Å². The first-order chi connectivity index (χ1) is 20.0. The molecule has 15 heteroatoms. The van der Waals surface area contributed by atoms with Gasteiger partial charge in [0.05, 0.1) is 12.2 Å². The highest BCUT2D eigenvalue weighted by molar-refractivity contribution is 7.15. The summed E-state index contributed by atoms with van der Waals surface area (Å²) in [5, 5.41) is 24.2. The minimum atomic E-state index is -4.86. The Kier molecular flexibility index (Phi) is 13.8. The fraction of sp³-hybridized carbons (Fsp3) is 0.296. The van der Waals surface area contributed by atoms with Gasteiger partial charge in [-0.1, -0.05) is 23.5 Å². The molecule has 11 nitrogen and oxygen atoms in total. The number of phenols is 1. The average Bonchev–Trinajstić information content (AvgIpc) is 3.38. The summed E-state index contributed by atoms with van der Waals surface area (Å²) in [4.78, 5) is 26.3. The second kappa shape index (κ2) is 17.2. The monoisotopic (exact) mass is 607 g/mol. The quantitative estimate of drug-likeness (QED) is 0.109. The average molecular weight is 608 g/mol. The van der Waals surface area contributed by atoms with E-state index in [9.17, 15) is 22.8 Å². The number of alkyl halides is 3. The number of nitrogens with two attached hydrogens (primary N) is 2. The number of ether oxygens (including phenoxy) is 1. The molecule has 226 valence electrons. The lowest BCUT2D eigenvalue weighted by atomic mass is 10.1. The number of benzene rings is 1. The van der Waals surface area contributed by atoms with Gasteiger partial charge in [-0.3, -0.25) is 9.78 Å². The third-order valence-corrected chi connectivity index (χ3v) is 6.12. The van der Waals surface area contributed by atoms with Crippen LogP contribution in [0.15, 0.2) is 66.3 Å². The molecular formula is C27H32F3N7O4S. The molecule has 0 unspecified atom stereocenters. The van der Waals surface area contributed by atoms with Crippen molar-refractivity contribution in [1.29, 1.82) is 0 Å². The third-order valence-electron chi connectivity index (χ3n) is 5.22. The van der Waals surface area contributed by atoms with Crippen LogP contribution in [0.1, 0.15) is 35.5 Å². The number of hydrogen-bond acceptors (Lipinski definition) is 11. The second-order valence-electron chi connectivity index (χ2n) is 8.59. The Morgan fingerprint density at radius 3 is 2.60 bits per heavy atom.